The molecule has 1 spiro atoms. The molecule has 1 unspecified atom stereocenters. The Bertz CT molecular complexity index is 1980. The van der Waals surface area contributed by atoms with Gasteiger partial charge < -0.3 is 39.4 Å². The highest BCUT2D eigenvalue weighted by Gasteiger charge is 2.61. The fourth-order valence-electron chi connectivity index (χ4n) is 7.68. The molecule has 1 saturated carbocycles. The minimum Gasteiger partial charge on any atom is -0.469 e. The van der Waals surface area contributed by atoms with E-state index in [1.54, 1.807) is 0 Å². The van der Waals surface area contributed by atoms with Crippen molar-refractivity contribution in [2.75, 3.05) is 12.4 Å². The number of aliphatic hydroxyl groups is 1. The van der Waals surface area contributed by atoms with E-state index in [1.165, 1.54) is 13.4 Å². The number of aromatic nitrogens is 2. The molecule has 5 heterocycles. The van der Waals surface area contributed by atoms with Crippen LogP contribution in [0.2, 0.25) is 0 Å². The predicted octanol–water partition coefficient (Wildman–Crippen LogP) is 4.14. The number of nitrogens with zero attached hydrogens (tertiary/aromatic N) is 2. The number of hydrogen-bond acceptors (Lipinski definition) is 11. The number of oxazole rings is 2. The summed E-state index contributed by atoms with van der Waals surface area (Å²) >= 11 is 0. The number of amides is 2. The lowest BCUT2D eigenvalue weighted by molar-refractivity contribution is -0.145. The van der Waals surface area contributed by atoms with Crippen LogP contribution in [0.4, 0.5) is 5.69 Å². The van der Waals surface area contributed by atoms with Gasteiger partial charge in [-0.3, -0.25) is 9.59 Å². The van der Waals surface area contributed by atoms with Crippen molar-refractivity contribution < 1.29 is 37.8 Å². The van der Waals surface area contributed by atoms with E-state index in [0.717, 1.165) is 41.6 Å². The van der Waals surface area contributed by atoms with Crippen LogP contribution in [0.1, 0.15) is 90.8 Å². The molecule has 1 aliphatic carbocycles. The summed E-state index contributed by atoms with van der Waals surface area (Å²) in [4.78, 5) is 49.5. The molecule has 4 N–H and O–H groups in total. The van der Waals surface area contributed by atoms with Gasteiger partial charge in [0.15, 0.2) is 23.4 Å². The Labute approximate surface area is 281 Å². The summed E-state index contributed by atoms with van der Waals surface area (Å²) in [5, 5.41) is 20.7. The molecule has 13 nitrogen and oxygen atoms in total. The molecule has 0 saturated heterocycles. The number of benzene rings is 2. The zero-order valence-corrected chi connectivity index (χ0v) is 27.4. The molecule has 0 radical (unpaired) electrons. The summed E-state index contributed by atoms with van der Waals surface area (Å²) in [6, 6.07) is 11.7. The van der Waals surface area contributed by atoms with Crippen LogP contribution in [0.15, 0.2) is 57.6 Å². The second-order valence-electron chi connectivity index (χ2n) is 13.6. The van der Waals surface area contributed by atoms with Crippen molar-refractivity contribution >= 4 is 23.5 Å². The first-order chi connectivity index (χ1) is 23.6. The van der Waals surface area contributed by atoms with Crippen molar-refractivity contribution in [3.63, 3.8) is 0 Å². The Balaban J connectivity index is 1.33. The average Bonchev–Trinajstić information content (AvgIpc) is 3.87. The summed E-state index contributed by atoms with van der Waals surface area (Å²) < 4.78 is 24.1. The van der Waals surface area contributed by atoms with E-state index in [4.69, 9.17) is 23.3 Å². The number of esters is 1. The fourth-order valence-corrected chi connectivity index (χ4v) is 7.68. The first kappa shape index (κ1) is 31.1. The number of rotatable bonds is 5. The molecule has 254 valence electrons. The van der Waals surface area contributed by atoms with Crippen molar-refractivity contribution in [3.8, 4) is 17.3 Å². The van der Waals surface area contributed by atoms with E-state index in [-0.39, 0.29) is 35.5 Å². The van der Waals surface area contributed by atoms with Gasteiger partial charge in [-0.25, -0.2) is 14.8 Å². The van der Waals surface area contributed by atoms with E-state index < -0.39 is 47.1 Å². The maximum absolute atomic E-state index is 14.1. The van der Waals surface area contributed by atoms with E-state index in [9.17, 15) is 19.5 Å². The molecule has 2 aromatic carbocycles. The van der Waals surface area contributed by atoms with Gasteiger partial charge in [0.1, 0.15) is 35.1 Å². The lowest BCUT2D eigenvalue weighted by Crippen LogP contribution is -2.56. The standard InChI is InChI=1S/C36H37N5O8/c1-18(2)26-31-41-27(30-37-24(17-47-30)32(43)46-3)28(49-31)36-20-9-5-6-10-22(20)39-34(36)48-25-12-11-19(15-21(25)36)16-23(29(42)40-26)38-33(44)35(45)13-7-4-8-14-35/h5-6,9-12,15,17-18,23,26,34,39,45H,4,7-8,13-14,16H2,1-3H3,(H,38,44)(H,40,42)/t23-,26-,34-,36?/m0/s1. The molecule has 4 bridgehead atoms. The highest BCUT2D eigenvalue weighted by Crippen LogP contribution is 2.59. The monoisotopic (exact) mass is 667 g/mol. The molecule has 2 aromatic heterocycles. The van der Waals surface area contributed by atoms with E-state index in [2.05, 4.69) is 20.9 Å². The predicted molar refractivity (Wildman–Crippen MR) is 174 cm³/mol. The number of methoxy groups -OCH3 is 1. The fraction of sp³-hybridized carbons (Fsp3) is 0.417. The topological polar surface area (TPSA) is 178 Å². The van der Waals surface area contributed by atoms with Gasteiger partial charge >= 0.3 is 5.97 Å². The lowest BCUT2D eigenvalue weighted by atomic mass is 9.72. The SMILES string of the molecule is COC(=O)c1coc(-c2nc3oc2C24c5ccccc5N[C@H]2Oc2ccc(cc24)C[C@H](NC(=O)C2(O)CCCCC2)C(=O)N[C@H]3C(C)C)n1. The Kier molecular flexibility index (Phi) is 7.28. The highest BCUT2D eigenvalue weighted by atomic mass is 16.5. The Hall–Kier alpha value is -5.17. The summed E-state index contributed by atoms with van der Waals surface area (Å²) in [5.74, 6) is -0.711. The van der Waals surface area contributed by atoms with Gasteiger partial charge in [-0.1, -0.05) is 63.4 Å². The molecule has 2 amide bonds. The third-order valence-corrected chi connectivity index (χ3v) is 10.2. The van der Waals surface area contributed by atoms with Crippen LogP contribution < -0.4 is 20.7 Å². The van der Waals surface area contributed by atoms with Crippen LogP contribution in [0, 0.1) is 5.92 Å². The highest BCUT2D eigenvalue weighted by molar-refractivity contribution is 5.92. The number of para-hydroxylation sites is 1. The van der Waals surface area contributed by atoms with Crippen LogP contribution in [0.5, 0.6) is 5.75 Å². The molecule has 4 aromatic rings. The van der Waals surface area contributed by atoms with E-state index in [0.29, 0.717) is 24.4 Å². The van der Waals surface area contributed by atoms with Gasteiger partial charge in [0, 0.05) is 17.7 Å². The molecule has 4 atom stereocenters. The molecule has 13 heteroatoms. The number of hydrogen-bond donors (Lipinski definition) is 4. The molecule has 49 heavy (non-hydrogen) atoms. The summed E-state index contributed by atoms with van der Waals surface area (Å²) in [6.45, 7) is 3.85. The quantitative estimate of drug-likeness (QED) is 0.225. The Morgan fingerprint density at radius 1 is 1.06 bits per heavy atom. The van der Waals surface area contributed by atoms with Gasteiger partial charge in [0.05, 0.1) is 7.11 Å². The number of carbonyl (C=O) groups excluding carboxylic acids is 3. The van der Waals surface area contributed by atoms with Crippen LogP contribution in [-0.2, 0) is 26.2 Å². The zero-order chi connectivity index (χ0) is 34.1. The van der Waals surface area contributed by atoms with E-state index in [1.807, 2.05) is 56.3 Å². The largest absolute Gasteiger partial charge is 0.469 e. The third kappa shape index (κ3) is 4.81. The van der Waals surface area contributed by atoms with E-state index >= 15 is 0 Å². The second kappa shape index (κ2) is 11.5. The third-order valence-electron chi connectivity index (χ3n) is 10.2. The smallest absolute Gasteiger partial charge is 0.360 e. The van der Waals surface area contributed by atoms with Gasteiger partial charge in [-0.05, 0) is 42.0 Å². The molecule has 4 aliphatic rings. The van der Waals surface area contributed by atoms with Gasteiger partial charge in [0.2, 0.25) is 17.7 Å². The molecule has 8 rings (SSSR count). The van der Waals surface area contributed by atoms with Crippen molar-refractivity contribution in [2.24, 2.45) is 5.92 Å². The number of nitrogens with one attached hydrogen (secondary N) is 3. The lowest BCUT2D eigenvalue weighted by Gasteiger charge is -2.33. The Morgan fingerprint density at radius 3 is 2.63 bits per heavy atom. The molecule has 3 aliphatic heterocycles. The van der Waals surface area contributed by atoms with Crippen LogP contribution in [0.25, 0.3) is 11.6 Å². The number of ether oxygens (including phenoxy) is 2. The second-order valence-corrected chi connectivity index (χ2v) is 13.6. The van der Waals surface area contributed by atoms with Crippen molar-refractivity contribution in [1.82, 2.24) is 20.6 Å². The summed E-state index contributed by atoms with van der Waals surface area (Å²) in [7, 11) is 1.26. The van der Waals surface area contributed by atoms with Crippen LogP contribution in [0.3, 0.4) is 0 Å². The first-order valence-electron chi connectivity index (χ1n) is 16.7. The minimum absolute atomic E-state index is 0.0297. The molecular weight excluding hydrogens is 630 g/mol. The normalized spacial score (nSPS) is 24.8. The van der Waals surface area contributed by atoms with Crippen molar-refractivity contribution in [1.29, 1.82) is 0 Å². The van der Waals surface area contributed by atoms with Crippen LogP contribution in [-0.4, -0.2) is 57.8 Å². The minimum atomic E-state index is -1.53. The Morgan fingerprint density at radius 2 is 1.86 bits per heavy atom. The van der Waals surface area contributed by atoms with Gasteiger partial charge in [-0.2, -0.15) is 0 Å². The molecular formula is C36H37N5O8. The summed E-state index contributed by atoms with van der Waals surface area (Å²) in [6.07, 6.45) is 3.81. The van der Waals surface area contributed by atoms with Crippen molar-refractivity contribution in [3.05, 3.63) is 82.8 Å². The zero-order valence-electron chi connectivity index (χ0n) is 27.4. The molecule has 1 fully saturated rings. The van der Waals surface area contributed by atoms with Crippen LogP contribution >= 0.6 is 0 Å². The number of anilines is 1. The maximum Gasteiger partial charge on any atom is 0.360 e. The van der Waals surface area contributed by atoms with Gasteiger partial charge in [-0.15, -0.1) is 0 Å². The first-order valence-corrected chi connectivity index (χ1v) is 16.7. The van der Waals surface area contributed by atoms with Crippen molar-refractivity contribution in [2.45, 2.75) is 81.7 Å². The number of carbonyl (C=O) groups is 3. The average molecular weight is 668 g/mol. The maximum atomic E-state index is 14.1. The van der Waals surface area contributed by atoms with Gasteiger partial charge in [0.25, 0.3) is 5.91 Å². The summed E-state index contributed by atoms with van der Waals surface area (Å²) in [5.41, 5.74) is 0.787. The number of fused-ring (bicyclic) bond motifs is 4.